The van der Waals surface area contributed by atoms with E-state index in [9.17, 15) is 0 Å². The second kappa shape index (κ2) is 12.7. The summed E-state index contributed by atoms with van der Waals surface area (Å²) in [6.07, 6.45) is 0. The van der Waals surface area contributed by atoms with Crippen LogP contribution in [0.3, 0.4) is 0 Å². The lowest BCUT2D eigenvalue weighted by Crippen LogP contribution is -2.10. The first-order valence-corrected chi connectivity index (χ1v) is 16.7. The molecule has 9 rings (SSSR count). The van der Waals surface area contributed by atoms with Gasteiger partial charge in [0, 0.05) is 33.5 Å². The SMILES string of the molecule is c1ccc(-c2ccc(N(c3ccccc3)c3cccc4oc5cc(-c6nc(-c7ccccc7)cc(-c7ccccc7)n6)ccc5c34)cc2)cc1. The van der Waals surface area contributed by atoms with Crippen LogP contribution in [0.4, 0.5) is 17.1 Å². The molecule has 0 radical (unpaired) electrons. The molecule has 0 fully saturated rings. The molecule has 0 unspecified atom stereocenters. The molecule has 4 nitrogen and oxygen atoms in total. The fraction of sp³-hybridized carbons (Fsp3) is 0. The Balaban J connectivity index is 1.18. The third-order valence-corrected chi connectivity index (χ3v) is 9.09. The normalized spacial score (nSPS) is 11.2. The molecular weight excluding hydrogens is 611 g/mol. The second-order valence-corrected chi connectivity index (χ2v) is 12.2. The zero-order chi connectivity index (χ0) is 33.3. The van der Waals surface area contributed by atoms with Gasteiger partial charge in [-0.1, -0.05) is 133 Å². The molecule has 0 aliphatic heterocycles. The molecule has 0 amide bonds. The predicted molar refractivity (Wildman–Crippen MR) is 206 cm³/mol. The number of fused-ring (bicyclic) bond motifs is 3. The van der Waals surface area contributed by atoms with Gasteiger partial charge in [-0.25, -0.2) is 9.97 Å². The quantitative estimate of drug-likeness (QED) is 0.174. The Morgan fingerprint density at radius 2 is 0.900 bits per heavy atom. The van der Waals surface area contributed by atoms with E-state index < -0.39 is 0 Å². The molecular formula is C46H31N3O. The van der Waals surface area contributed by atoms with Gasteiger partial charge in [-0.15, -0.1) is 0 Å². The van der Waals surface area contributed by atoms with Gasteiger partial charge in [-0.05, 0) is 65.7 Å². The largest absolute Gasteiger partial charge is 0.456 e. The van der Waals surface area contributed by atoms with E-state index in [0.717, 1.165) is 67.1 Å². The van der Waals surface area contributed by atoms with Crippen molar-refractivity contribution in [1.82, 2.24) is 9.97 Å². The van der Waals surface area contributed by atoms with Crippen molar-refractivity contribution in [3.63, 3.8) is 0 Å². The molecule has 50 heavy (non-hydrogen) atoms. The van der Waals surface area contributed by atoms with Crippen molar-refractivity contribution in [2.45, 2.75) is 0 Å². The third-order valence-electron chi connectivity index (χ3n) is 9.09. The summed E-state index contributed by atoms with van der Waals surface area (Å²) in [5, 5.41) is 2.08. The van der Waals surface area contributed by atoms with Crippen LogP contribution < -0.4 is 4.90 Å². The summed E-state index contributed by atoms with van der Waals surface area (Å²) in [5.41, 5.74) is 11.9. The summed E-state index contributed by atoms with van der Waals surface area (Å²) in [6, 6.07) is 64.9. The van der Waals surface area contributed by atoms with Crippen LogP contribution in [-0.2, 0) is 0 Å². The number of hydrogen-bond donors (Lipinski definition) is 0. The van der Waals surface area contributed by atoms with Gasteiger partial charge < -0.3 is 9.32 Å². The maximum Gasteiger partial charge on any atom is 0.160 e. The highest BCUT2D eigenvalue weighted by Gasteiger charge is 2.20. The molecule has 0 bridgehead atoms. The van der Waals surface area contributed by atoms with Gasteiger partial charge in [-0.2, -0.15) is 0 Å². The van der Waals surface area contributed by atoms with E-state index in [1.807, 2.05) is 54.6 Å². The van der Waals surface area contributed by atoms with Crippen LogP contribution in [0.1, 0.15) is 0 Å². The Kier molecular flexibility index (Phi) is 7.45. The summed E-state index contributed by atoms with van der Waals surface area (Å²) in [6.45, 7) is 0. The highest BCUT2D eigenvalue weighted by atomic mass is 16.3. The van der Waals surface area contributed by atoms with E-state index >= 15 is 0 Å². The Hall–Kier alpha value is -6.78. The molecule has 0 spiro atoms. The van der Waals surface area contributed by atoms with E-state index in [-0.39, 0.29) is 0 Å². The number of rotatable bonds is 7. The molecule has 0 aliphatic rings. The van der Waals surface area contributed by atoms with Crippen molar-refractivity contribution in [3.05, 3.63) is 188 Å². The van der Waals surface area contributed by atoms with Crippen molar-refractivity contribution >= 4 is 39.0 Å². The third kappa shape index (κ3) is 5.49. The smallest absolute Gasteiger partial charge is 0.160 e. The maximum absolute atomic E-state index is 6.60. The van der Waals surface area contributed by atoms with Gasteiger partial charge in [0.05, 0.1) is 22.5 Å². The lowest BCUT2D eigenvalue weighted by molar-refractivity contribution is 0.669. The minimum absolute atomic E-state index is 0.650. The Labute approximate surface area is 290 Å². The van der Waals surface area contributed by atoms with E-state index in [2.05, 4.69) is 138 Å². The van der Waals surface area contributed by atoms with Crippen LogP contribution in [0, 0.1) is 0 Å². The fourth-order valence-corrected chi connectivity index (χ4v) is 6.66. The summed E-state index contributed by atoms with van der Waals surface area (Å²) in [5.74, 6) is 0.650. The van der Waals surface area contributed by atoms with Crippen LogP contribution in [0.15, 0.2) is 192 Å². The maximum atomic E-state index is 6.60. The molecule has 0 atom stereocenters. The first kappa shape index (κ1) is 29.4. The number of anilines is 3. The van der Waals surface area contributed by atoms with E-state index in [1.165, 1.54) is 11.1 Å². The Bertz CT molecular complexity index is 2510. The minimum atomic E-state index is 0.650. The molecule has 0 aliphatic carbocycles. The molecule has 236 valence electrons. The number of nitrogens with zero attached hydrogens (tertiary/aromatic N) is 3. The van der Waals surface area contributed by atoms with Crippen LogP contribution >= 0.6 is 0 Å². The van der Waals surface area contributed by atoms with Crippen molar-refractivity contribution < 1.29 is 4.42 Å². The molecule has 7 aromatic carbocycles. The van der Waals surface area contributed by atoms with Gasteiger partial charge in [-0.3, -0.25) is 0 Å². The van der Waals surface area contributed by atoms with Crippen molar-refractivity contribution in [2.75, 3.05) is 4.90 Å². The van der Waals surface area contributed by atoms with Gasteiger partial charge in [0.25, 0.3) is 0 Å². The number of aromatic nitrogens is 2. The lowest BCUT2D eigenvalue weighted by atomic mass is 10.0. The standard InChI is InChI=1S/C46H31N3O/c1-5-14-32(15-6-1)33-24-27-38(28-25-33)49(37-20-11-4-12-21-37)42-22-13-23-43-45(42)39-29-26-36(30-44(39)50-43)46-47-40(34-16-7-2-8-17-34)31-41(48-46)35-18-9-3-10-19-35/h1-31H. The summed E-state index contributed by atoms with van der Waals surface area (Å²) < 4.78 is 6.60. The number of benzene rings is 7. The van der Waals surface area contributed by atoms with Crippen molar-refractivity contribution in [3.8, 4) is 45.0 Å². The van der Waals surface area contributed by atoms with Crippen molar-refractivity contribution in [2.24, 2.45) is 0 Å². The molecule has 0 saturated carbocycles. The first-order chi connectivity index (χ1) is 24.8. The van der Waals surface area contributed by atoms with Crippen molar-refractivity contribution in [1.29, 1.82) is 0 Å². The van der Waals surface area contributed by atoms with Crippen LogP contribution in [0.2, 0.25) is 0 Å². The predicted octanol–water partition coefficient (Wildman–Crippen LogP) is 12.5. The van der Waals surface area contributed by atoms with Crippen LogP contribution in [0.5, 0.6) is 0 Å². The monoisotopic (exact) mass is 641 g/mol. The molecule has 4 heteroatoms. The second-order valence-electron chi connectivity index (χ2n) is 12.2. The molecule has 2 aromatic heterocycles. The highest BCUT2D eigenvalue weighted by molar-refractivity contribution is 6.14. The number of hydrogen-bond acceptors (Lipinski definition) is 4. The lowest BCUT2D eigenvalue weighted by Gasteiger charge is -2.26. The van der Waals surface area contributed by atoms with Crippen LogP contribution in [-0.4, -0.2) is 9.97 Å². The summed E-state index contributed by atoms with van der Waals surface area (Å²) in [7, 11) is 0. The zero-order valence-electron chi connectivity index (χ0n) is 27.1. The topological polar surface area (TPSA) is 42.2 Å². The zero-order valence-corrected chi connectivity index (χ0v) is 27.1. The minimum Gasteiger partial charge on any atom is -0.456 e. The Morgan fingerprint density at radius 1 is 0.380 bits per heavy atom. The first-order valence-electron chi connectivity index (χ1n) is 16.7. The summed E-state index contributed by atoms with van der Waals surface area (Å²) in [4.78, 5) is 12.4. The molecule has 0 saturated heterocycles. The van der Waals surface area contributed by atoms with E-state index in [4.69, 9.17) is 14.4 Å². The summed E-state index contributed by atoms with van der Waals surface area (Å²) >= 11 is 0. The highest BCUT2D eigenvalue weighted by Crippen LogP contribution is 2.43. The van der Waals surface area contributed by atoms with Gasteiger partial charge in [0.1, 0.15) is 11.2 Å². The Morgan fingerprint density at radius 3 is 1.52 bits per heavy atom. The average molecular weight is 642 g/mol. The fourth-order valence-electron chi connectivity index (χ4n) is 6.66. The van der Waals surface area contributed by atoms with Gasteiger partial charge in [0.2, 0.25) is 0 Å². The van der Waals surface area contributed by atoms with Gasteiger partial charge in [0.15, 0.2) is 5.82 Å². The molecule has 0 N–H and O–H groups in total. The molecule has 2 heterocycles. The van der Waals surface area contributed by atoms with Gasteiger partial charge >= 0.3 is 0 Å². The molecule has 9 aromatic rings. The number of para-hydroxylation sites is 1. The van der Waals surface area contributed by atoms with E-state index in [1.54, 1.807) is 0 Å². The number of furan rings is 1. The van der Waals surface area contributed by atoms with Crippen LogP contribution in [0.25, 0.3) is 67.0 Å². The van der Waals surface area contributed by atoms with E-state index in [0.29, 0.717) is 5.82 Å². The average Bonchev–Trinajstić information content (AvgIpc) is 3.58.